The van der Waals surface area contributed by atoms with E-state index in [1.165, 1.54) is 0 Å². The van der Waals surface area contributed by atoms with Crippen LogP contribution in [0.5, 0.6) is 0 Å². The van der Waals surface area contributed by atoms with Gasteiger partial charge in [-0.25, -0.2) is 4.98 Å². The van der Waals surface area contributed by atoms with E-state index in [9.17, 15) is 4.79 Å². The Morgan fingerprint density at radius 2 is 1.74 bits per heavy atom. The summed E-state index contributed by atoms with van der Waals surface area (Å²) in [4.78, 5) is 20.3. The Labute approximate surface area is 219 Å². The predicted molar refractivity (Wildman–Crippen MR) is 143 cm³/mol. The van der Waals surface area contributed by atoms with Crippen molar-refractivity contribution in [1.29, 1.82) is 0 Å². The minimum atomic E-state index is -0.121. The summed E-state index contributed by atoms with van der Waals surface area (Å²) < 4.78 is 2.26. The highest BCUT2D eigenvalue weighted by atomic mass is 35.5. The van der Waals surface area contributed by atoms with E-state index in [2.05, 4.69) is 20.9 Å². The van der Waals surface area contributed by atoms with E-state index in [0.29, 0.717) is 35.4 Å². The summed E-state index contributed by atoms with van der Waals surface area (Å²) in [7, 11) is 0. The third-order valence-corrected chi connectivity index (χ3v) is 7.22. The van der Waals surface area contributed by atoms with Crippen LogP contribution in [0.1, 0.15) is 24.2 Å². The van der Waals surface area contributed by atoms with Crippen LogP contribution in [0.2, 0.25) is 15.1 Å². The number of benzene rings is 3. The average Bonchev–Trinajstić information content (AvgIpc) is 3.19. The number of aromatic nitrogens is 2. The smallest absolute Gasteiger partial charge is 0.228 e. The van der Waals surface area contributed by atoms with E-state index in [1.54, 1.807) is 18.2 Å². The number of amides is 1. The Morgan fingerprint density at radius 1 is 0.971 bits per heavy atom. The molecule has 1 atom stereocenters. The van der Waals surface area contributed by atoms with Crippen LogP contribution in [-0.2, 0) is 17.9 Å². The molecule has 0 bridgehead atoms. The lowest BCUT2D eigenvalue weighted by Crippen LogP contribution is -2.40. The molecule has 8 heteroatoms. The molecule has 2 heterocycles. The van der Waals surface area contributed by atoms with E-state index >= 15 is 0 Å². The monoisotopic (exact) mass is 526 g/mol. The van der Waals surface area contributed by atoms with Gasteiger partial charge in [-0.1, -0.05) is 59.1 Å². The van der Waals surface area contributed by atoms with Gasteiger partial charge in [-0.3, -0.25) is 9.69 Å². The second-order valence-electron chi connectivity index (χ2n) is 8.92. The molecule has 1 aliphatic heterocycles. The van der Waals surface area contributed by atoms with Gasteiger partial charge in [-0.05, 0) is 67.4 Å². The topological polar surface area (TPSA) is 50.2 Å². The Kier molecular flexibility index (Phi) is 7.30. The maximum Gasteiger partial charge on any atom is 0.228 e. The van der Waals surface area contributed by atoms with Crippen LogP contribution >= 0.6 is 34.8 Å². The molecule has 1 N–H and O–H groups in total. The van der Waals surface area contributed by atoms with Crippen LogP contribution in [0, 0.1) is 5.92 Å². The van der Waals surface area contributed by atoms with Crippen LogP contribution in [0.3, 0.4) is 0 Å². The molecule has 5 nitrogen and oxygen atoms in total. The first-order chi connectivity index (χ1) is 17.0. The lowest BCUT2D eigenvalue weighted by atomic mass is 9.97. The number of hydrogen-bond acceptors (Lipinski definition) is 3. The zero-order chi connectivity index (χ0) is 24.4. The van der Waals surface area contributed by atoms with Crippen molar-refractivity contribution < 1.29 is 4.79 Å². The molecule has 0 saturated carbocycles. The minimum absolute atomic E-state index is 0.0198. The molecule has 3 aromatic carbocycles. The molecule has 0 radical (unpaired) electrons. The van der Waals surface area contributed by atoms with Crippen molar-refractivity contribution in [3.8, 4) is 0 Å². The van der Waals surface area contributed by atoms with Crippen LogP contribution < -0.4 is 5.32 Å². The standard InChI is InChI=1S/C27H25Cl3N4O/c28-20-9-7-18(8-10-20)15-34-25-6-2-1-5-24(25)31-26(34)17-33-13-3-4-19(16-33)27(35)32-23-12-11-21(29)14-22(23)30/h1-2,5-12,14,19H,3-4,13,15-17H2,(H,32,35)/t19-/m1/s1. The van der Waals surface area contributed by atoms with Crippen molar-refractivity contribution >= 4 is 57.4 Å². The Morgan fingerprint density at radius 3 is 2.54 bits per heavy atom. The number of para-hydroxylation sites is 2. The van der Waals surface area contributed by atoms with Gasteiger partial charge in [0.1, 0.15) is 5.82 Å². The molecule has 0 aliphatic carbocycles. The lowest BCUT2D eigenvalue weighted by molar-refractivity contribution is -0.121. The van der Waals surface area contributed by atoms with E-state index in [4.69, 9.17) is 39.8 Å². The molecule has 1 fully saturated rings. The summed E-state index contributed by atoms with van der Waals surface area (Å²) in [5, 5.41) is 4.68. The molecule has 0 unspecified atom stereocenters. The number of rotatable bonds is 6. The first-order valence-corrected chi connectivity index (χ1v) is 12.8. The van der Waals surface area contributed by atoms with Gasteiger partial charge < -0.3 is 9.88 Å². The molecule has 1 aliphatic rings. The van der Waals surface area contributed by atoms with Gasteiger partial charge in [-0.2, -0.15) is 0 Å². The normalized spacial score (nSPS) is 16.5. The second-order valence-corrected chi connectivity index (χ2v) is 10.2. The first kappa shape index (κ1) is 24.1. The largest absolute Gasteiger partial charge is 0.324 e. The zero-order valence-electron chi connectivity index (χ0n) is 19.1. The summed E-state index contributed by atoms with van der Waals surface area (Å²) in [6.45, 7) is 2.98. The highest BCUT2D eigenvalue weighted by molar-refractivity contribution is 6.36. The zero-order valence-corrected chi connectivity index (χ0v) is 21.3. The molecule has 1 aromatic heterocycles. The molecular formula is C27H25Cl3N4O. The average molecular weight is 528 g/mol. The molecule has 5 rings (SSSR count). The Hall–Kier alpha value is -2.57. The van der Waals surface area contributed by atoms with Crippen LogP contribution in [0.25, 0.3) is 11.0 Å². The molecule has 1 amide bonds. The van der Waals surface area contributed by atoms with Crippen molar-refractivity contribution in [2.24, 2.45) is 5.92 Å². The summed E-state index contributed by atoms with van der Waals surface area (Å²) in [5.74, 6) is 0.848. The van der Waals surface area contributed by atoms with Crippen LogP contribution in [0.15, 0.2) is 66.7 Å². The highest BCUT2D eigenvalue weighted by Gasteiger charge is 2.27. The summed E-state index contributed by atoms with van der Waals surface area (Å²) in [5.41, 5.74) is 3.82. The number of nitrogens with one attached hydrogen (secondary N) is 1. The van der Waals surface area contributed by atoms with Gasteiger partial charge in [0.2, 0.25) is 5.91 Å². The first-order valence-electron chi connectivity index (χ1n) is 11.6. The number of likely N-dealkylation sites (tertiary alicyclic amines) is 1. The van der Waals surface area contributed by atoms with Gasteiger partial charge in [-0.15, -0.1) is 0 Å². The number of carbonyl (C=O) groups excluding carboxylic acids is 1. The summed E-state index contributed by atoms with van der Waals surface area (Å²) in [6.07, 6.45) is 1.79. The fourth-order valence-corrected chi connectivity index (χ4v) is 5.22. The molecule has 0 spiro atoms. The SMILES string of the molecule is O=C(Nc1ccc(Cl)cc1Cl)[C@@H]1CCCN(Cc2nc3ccccc3n2Cc2ccc(Cl)cc2)C1. The molecule has 35 heavy (non-hydrogen) atoms. The number of anilines is 1. The Bertz CT molecular complexity index is 1350. The summed E-state index contributed by atoms with van der Waals surface area (Å²) in [6, 6.07) is 21.2. The summed E-state index contributed by atoms with van der Waals surface area (Å²) >= 11 is 18.3. The number of hydrogen-bond donors (Lipinski definition) is 1. The second kappa shape index (κ2) is 10.6. The quantitative estimate of drug-likeness (QED) is 0.297. The number of fused-ring (bicyclic) bond motifs is 1. The van der Waals surface area contributed by atoms with Crippen molar-refractivity contribution in [3.63, 3.8) is 0 Å². The van der Waals surface area contributed by atoms with Gasteiger partial charge in [0.05, 0.1) is 34.2 Å². The third kappa shape index (κ3) is 5.65. The Balaban J connectivity index is 1.33. The maximum atomic E-state index is 13.0. The number of halogens is 3. The van der Waals surface area contributed by atoms with Gasteiger partial charge >= 0.3 is 0 Å². The third-order valence-electron chi connectivity index (χ3n) is 6.42. The molecule has 180 valence electrons. The van der Waals surface area contributed by atoms with Crippen molar-refractivity contribution in [2.75, 3.05) is 18.4 Å². The van der Waals surface area contributed by atoms with Crippen molar-refractivity contribution in [3.05, 3.63) is 93.2 Å². The fourth-order valence-electron chi connectivity index (χ4n) is 4.63. The van der Waals surface area contributed by atoms with E-state index in [-0.39, 0.29) is 11.8 Å². The van der Waals surface area contributed by atoms with Crippen LogP contribution in [0.4, 0.5) is 5.69 Å². The number of carbonyl (C=O) groups is 1. The number of imidazole rings is 1. The lowest BCUT2D eigenvalue weighted by Gasteiger charge is -2.32. The predicted octanol–water partition coefficient (Wildman–Crippen LogP) is 6.90. The van der Waals surface area contributed by atoms with E-state index in [0.717, 1.165) is 46.8 Å². The number of piperidine rings is 1. The van der Waals surface area contributed by atoms with Gasteiger partial charge in [0.15, 0.2) is 0 Å². The molecular weight excluding hydrogens is 503 g/mol. The fraction of sp³-hybridized carbons (Fsp3) is 0.259. The van der Waals surface area contributed by atoms with E-state index in [1.807, 2.05) is 42.5 Å². The molecule has 1 saturated heterocycles. The maximum absolute atomic E-state index is 13.0. The highest BCUT2D eigenvalue weighted by Crippen LogP contribution is 2.28. The van der Waals surface area contributed by atoms with Crippen LogP contribution in [-0.4, -0.2) is 33.4 Å². The van der Waals surface area contributed by atoms with E-state index < -0.39 is 0 Å². The molecule has 4 aromatic rings. The minimum Gasteiger partial charge on any atom is -0.324 e. The van der Waals surface area contributed by atoms with Crippen molar-refractivity contribution in [2.45, 2.75) is 25.9 Å². The van der Waals surface area contributed by atoms with Gasteiger partial charge in [0, 0.05) is 23.1 Å². The van der Waals surface area contributed by atoms with Gasteiger partial charge in [0.25, 0.3) is 0 Å². The number of nitrogens with zero attached hydrogens (tertiary/aromatic N) is 3. The van der Waals surface area contributed by atoms with Crippen molar-refractivity contribution in [1.82, 2.24) is 14.5 Å².